The van der Waals surface area contributed by atoms with Gasteiger partial charge in [-0.3, -0.25) is 19.3 Å². The van der Waals surface area contributed by atoms with E-state index in [4.69, 9.17) is 33.1 Å². The monoisotopic (exact) mass is 570 g/mol. The largest absolute Gasteiger partial charge is 0.756 e. The lowest BCUT2D eigenvalue weighted by molar-refractivity contribution is -0.870. The first-order valence-corrected chi connectivity index (χ1v) is 14.8. The summed E-state index contributed by atoms with van der Waals surface area (Å²) in [5, 5.41) is 6.39. The van der Waals surface area contributed by atoms with Gasteiger partial charge in [0, 0.05) is 58.9 Å². The Bertz CT molecular complexity index is 789. The maximum atomic E-state index is 12.0. The first kappa shape index (κ1) is 37.5. The minimum atomic E-state index is -4.36. The lowest BCUT2D eigenvalue weighted by Crippen LogP contribution is -2.41. The number of rotatable bonds is 26. The number of phosphoric ester groups is 1. The predicted molar refractivity (Wildman–Crippen MR) is 156 cm³/mol. The molecule has 1 atom stereocenters. The number of hydrogen-bond donors (Lipinski definition) is 2. The molecule has 11 nitrogen and oxygen atoms in total. The molecule has 0 spiro atoms. The van der Waals surface area contributed by atoms with Crippen LogP contribution in [0.5, 0.6) is 0 Å². The molecule has 0 fully saturated rings. The Hall–Kier alpha value is -1.49. The van der Waals surface area contributed by atoms with E-state index in [1.807, 2.05) is 33.1 Å². The molecule has 12 heteroatoms. The second-order valence-corrected chi connectivity index (χ2v) is 11.4. The van der Waals surface area contributed by atoms with Gasteiger partial charge in [-0.25, -0.2) is 0 Å². The fraction of sp³-hybridized carbons (Fsp3) is 0.778. The first-order chi connectivity index (χ1) is 18.6. The molecule has 0 aromatic heterocycles. The number of terminal acetylenes is 3. The van der Waals surface area contributed by atoms with Crippen molar-refractivity contribution in [2.45, 2.75) is 0 Å². The van der Waals surface area contributed by atoms with Crippen molar-refractivity contribution in [2.24, 2.45) is 0 Å². The molecule has 0 amide bonds. The van der Waals surface area contributed by atoms with E-state index >= 15 is 0 Å². The molecular weight excluding hydrogens is 519 g/mol. The molecule has 0 bridgehead atoms. The fourth-order valence-corrected chi connectivity index (χ4v) is 3.97. The van der Waals surface area contributed by atoms with Crippen molar-refractivity contribution < 1.29 is 27.7 Å². The molecule has 0 aliphatic rings. The average molecular weight is 571 g/mol. The van der Waals surface area contributed by atoms with Gasteiger partial charge in [-0.2, -0.15) is 0 Å². The average Bonchev–Trinajstić information content (AvgIpc) is 2.85. The van der Waals surface area contributed by atoms with Crippen LogP contribution in [0.4, 0.5) is 0 Å². The number of nitrogens with one attached hydrogen (secondary N) is 2. The molecule has 1 unspecified atom stereocenters. The zero-order valence-corrected chi connectivity index (χ0v) is 25.4. The Balaban J connectivity index is 4.51. The zero-order chi connectivity index (χ0) is 29.4. The van der Waals surface area contributed by atoms with Gasteiger partial charge >= 0.3 is 0 Å². The summed E-state index contributed by atoms with van der Waals surface area (Å²) in [4.78, 5) is 18.3. The van der Waals surface area contributed by atoms with Crippen LogP contribution >= 0.6 is 7.82 Å². The second kappa shape index (κ2) is 23.2. The maximum absolute atomic E-state index is 12.0. The molecule has 0 saturated carbocycles. The molecule has 39 heavy (non-hydrogen) atoms. The van der Waals surface area contributed by atoms with Crippen molar-refractivity contribution in [2.75, 3.05) is 140 Å². The summed E-state index contributed by atoms with van der Waals surface area (Å²) in [6.07, 6.45) is 16.7. The summed E-state index contributed by atoms with van der Waals surface area (Å²) in [6.45, 7) is 9.67. The van der Waals surface area contributed by atoms with Gasteiger partial charge in [-0.05, 0) is 7.05 Å². The van der Waals surface area contributed by atoms with E-state index in [1.54, 1.807) is 0 Å². The van der Waals surface area contributed by atoms with Crippen LogP contribution in [0.15, 0.2) is 0 Å². The second-order valence-electron chi connectivity index (χ2n) is 10.0. The summed E-state index contributed by atoms with van der Waals surface area (Å²) in [5.41, 5.74) is 0. The minimum Gasteiger partial charge on any atom is -0.756 e. The molecule has 2 N–H and O–H groups in total. The van der Waals surface area contributed by atoms with Gasteiger partial charge in [0.15, 0.2) is 0 Å². The SMILES string of the molecule is C#CCN(CCOCCNCCNC)CCN(CC#C)CCN(CC#C)CCOP(=O)([O-])OCC[N+](C)(C)C. The summed E-state index contributed by atoms with van der Waals surface area (Å²) >= 11 is 0. The smallest absolute Gasteiger partial charge is 0.268 e. The Morgan fingerprint density at radius 1 is 0.744 bits per heavy atom. The molecule has 0 radical (unpaired) electrons. The lowest BCUT2D eigenvalue weighted by atomic mass is 10.3. The number of phosphoric acid groups is 1. The van der Waals surface area contributed by atoms with E-state index in [0.717, 1.165) is 39.3 Å². The van der Waals surface area contributed by atoms with Gasteiger partial charge in [0.05, 0.1) is 60.6 Å². The molecule has 224 valence electrons. The normalized spacial score (nSPS) is 13.4. The Kier molecular flexibility index (Phi) is 22.4. The molecule has 0 saturated heterocycles. The summed E-state index contributed by atoms with van der Waals surface area (Å²) in [5.74, 6) is 8.03. The number of likely N-dealkylation sites (N-methyl/N-ethyl adjacent to an activating group) is 2. The fourth-order valence-electron chi connectivity index (χ4n) is 3.29. The topological polar surface area (TPSA) is 102 Å². The Morgan fingerprint density at radius 2 is 1.23 bits per heavy atom. The highest BCUT2D eigenvalue weighted by Gasteiger charge is 2.15. The zero-order valence-electron chi connectivity index (χ0n) is 24.5. The summed E-state index contributed by atoms with van der Waals surface area (Å²) < 4.78 is 28.3. The number of quaternary nitrogens is 1. The number of hydrogen-bond acceptors (Lipinski definition) is 10. The van der Waals surface area contributed by atoms with E-state index in [2.05, 4.69) is 38.2 Å². The third kappa shape index (κ3) is 24.1. The van der Waals surface area contributed by atoms with Crippen molar-refractivity contribution in [1.29, 1.82) is 0 Å². The van der Waals surface area contributed by atoms with Crippen LogP contribution < -0.4 is 15.5 Å². The Labute approximate surface area is 237 Å². The summed E-state index contributed by atoms with van der Waals surface area (Å²) in [7, 11) is 3.42. The third-order valence-corrected chi connectivity index (χ3v) is 6.60. The van der Waals surface area contributed by atoms with Gasteiger partial charge in [-0.1, -0.05) is 17.8 Å². The Morgan fingerprint density at radius 3 is 1.72 bits per heavy atom. The van der Waals surface area contributed by atoms with E-state index in [1.165, 1.54) is 0 Å². The highest BCUT2D eigenvalue weighted by molar-refractivity contribution is 7.45. The standard InChI is InChI=1S/C27H51N6O5P/c1-8-14-30(17-19-31(15-9-2)21-25-36-24-13-29-12-11-28-4)18-20-32(16-10-3)22-26-37-39(34,35)38-27-23-33(5,6)7/h1-3,28-29H,11-27H2,4-7H3. The molecule has 0 aromatic carbocycles. The van der Waals surface area contributed by atoms with Crippen LogP contribution in [0, 0.1) is 37.0 Å². The van der Waals surface area contributed by atoms with Gasteiger partial charge in [0.2, 0.25) is 0 Å². The summed E-state index contributed by atoms with van der Waals surface area (Å²) in [6, 6.07) is 0. The lowest BCUT2D eigenvalue weighted by Gasteiger charge is -2.29. The molecule has 0 aliphatic carbocycles. The van der Waals surface area contributed by atoms with Crippen LogP contribution in [-0.4, -0.2) is 159 Å². The number of nitrogens with zero attached hydrogens (tertiary/aromatic N) is 4. The van der Waals surface area contributed by atoms with Crippen molar-refractivity contribution in [3.05, 3.63) is 0 Å². The third-order valence-electron chi connectivity index (χ3n) is 5.60. The van der Waals surface area contributed by atoms with Crippen LogP contribution in [-0.2, 0) is 18.3 Å². The first-order valence-electron chi connectivity index (χ1n) is 13.4. The van der Waals surface area contributed by atoms with Crippen molar-refractivity contribution in [1.82, 2.24) is 25.3 Å². The van der Waals surface area contributed by atoms with Gasteiger partial charge in [0.25, 0.3) is 7.82 Å². The molecule has 0 rings (SSSR count). The van der Waals surface area contributed by atoms with Crippen LogP contribution in [0.2, 0.25) is 0 Å². The highest BCUT2D eigenvalue weighted by Crippen LogP contribution is 2.37. The highest BCUT2D eigenvalue weighted by atomic mass is 31.2. The molecule has 0 aliphatic heterocycles. The van der Waals surface area contributed by atoms with Crippen molar-refractivity contribution in [3.63, 3.8) is 0 Å². The van der Waals surface area contributed by atoms with E-state index in [9.17, 15) is 9.46 Å². The predicted octanol–water partition coefficient (Wildman–Crippen LogP) is -1.17. The van der Waals surface area contributed by atoms with Crippen molar-refractivity contribution >= 4 is 7.82 Å². The quantitative estimate of drug-likeness (QED) is 0.0573. The number of ether oxygens (including phenoxy) is 1. The van der Waals surface area contributed by atoms with E-state index in [-0.39, 0.29) is 13.2 Å². The minimum absolute atomic E-state index is 0.0388. The molecule has 0 heterocycles. The maximum Gasteiger partial charge on any atom is 0.268 e. The van der Waals surface area contributed by atoms with E-state index < -0.39 is 7.82 Å². The van der Waals surface area contributed by atoms with Gasteiger partial charge in [0.1, 0.15) is 13.2 Å². The van der Waals surface area contributed by atoms with Crippen LogP contribution in [0.1, 0.15) is 0 Å². The van der Waals surface area contributed by atoms with Crippen molar-refractivity contribution in [3.8, 4) is 37.0 Å². The van der Waals surface area contributed by atoms with Gasteiger partial charge < -0.3 is 33.8 Å². The van der Waals surface area contributed by atoms with Crippen LogP contribution in [0.25, 0.3) is 0 Å². The molecular formula is C27H51N6O5P. The molecule has 0 aromatic rings. The van der Waals surface area contributed by atoms with Crippen LogP contribution in [0.3, 0.4) is 0 Å². The van der Waals surface area contributed by atoms with E-state index in [0.29, 0.717) is 63.5 Å². The van der Waals surface area contributed by atoms with Gasteiger partial charge in [-0.15, -0.1) is 19.3 Å².